The van der Waals surface area contributed by atoms with Crippen LogP contribution in [0.2, 0.25) is 0 Å². The summed E-state index contributed by atoms with van der Waals surface area (Å²) in [7, 11) is 1.41. The first kappa shape index (κ1) is 18.4. The van der Waals surface area contributed by atoms with Crippen molar-refractivity contribution in [1.29, 1.82) is 0 Å². The summed E-state index contributed by atoms with van der Waals surface area (Å²) in [6.07, 6.45) is 3.80. The van der Waals surface area contributed by atoms with Gasteiger partial charge in [-0.15, -0.1) is 0 Å². The van der Waals surface area contributed by atoms with Crippen LogP contribution in [-0.2, 0) is 11.3 Å². The molecule has 1 aromatic rings. The Labute approximate surface area is 140 Å². The highest BCUT2D eigenvalue weighted by atomic mass is 19.3. The van der Waals surface area contributed by atoms with Crippen LogP contribution in [-0.4, -0.2) is 44.2 Å². The fraction of sp³-hybridized carbons (Fsp3) is 0.588. The molecule has 0 radical (unpaired) electrons. The monoisotopic (exact) mass is 342 g/mol. The molecule has 0 spiro atoms. The van der Waals surface area contributed by atoms with Crippen molar-refractivity contribution in [2.45, 2.75) is 38.8 Å². The largest absolute Gasteiger partial charge is 0.493 e. The van der Waals surface area contributed by atoms with Crippen molar-refractivity contribution in [2.24, 2.45) is 0 Å². The highest BCUT2D eigenvalue weighted by Gasteiger charge is 2.15. The SMILES string of the molecule is COc1cc(CNCCN2CCCCCC2=O)ccc1OC(F)F. The van der Waals surface area contributed by atoms with E-state index in [4.69, 9.17) is 4.74 Å². The van der Waals surface area contributed by atoms with Crippen molar-refractivity contribution in [3.8, 4) is 11.5 Å². The van der Waals surface area contributed by atoms with E-state index in [-0.39, 0.29) is 17.4 Å². The minimum atomic E-state index is -2.88. The third-order valence-electron chi connectivity index (χ3n) is 4.00. The van der Waals surface area contributed by atoms with Crippen LogP contribution < -0.4 is 14.8 Å². The zero-order valence-corrected chi connectivity index (χ0v) is 13.9. The van der Waals surface area contributed by atoms with E-state index in [2.05, 4.69) is 10.1 Å². The van der Waals surface area contributed by atoms with Crippen LogP contribution in [0.1, 0.15) is 31.2 Å². The summed E-state index contributed by atoms with van der Waals surface area (Å²) in [4.78, 5) is 13.8. The molecule has 5 nitrogen and oxygen atoms in total. The minimum absolute atomic E-state index is 0.0198. The van der Waals surface area contributed by atoms with Gasteiger partial charge in [0.05, 0.1) is 7.11 Å². The molecule has 1 aromatic carbocycles. The number of carbonyl (C=O) groups is 1. The van der Waals surface area contributed by atoms with Crippen molar-refractivity contribution >= 4 is 5.91 Å². The van der Waals surface area contributed by atoms with Crippen LogP contribution in [0.15, 0.2) is 18.2 Å². The number of amides is 1. The number of hydrogen-bond donors (Lipinski definition) is 1. The van der Waals surface area contributed by atoms with Crippen molar-refractivity contribution in [1.82, 2.24) is 10.2 Å². The maximum atomic E-state index is 12.3. The van der Waals surface area contributed by atoms with Gasteiger partial charge in [-0.3, -0.25) is 4.79 Å². The quantitative estimate of drug-likeness (QED) is 0.738. The third-order valence-corrected chi connectivity index (χ3v) is 4.00. The second-order valence-electron chi connectivity index (χ2n) is 5.73. The average Bonchev–Trinajstić information content (AvgIpc) is 2.76. The molecule has 0 aromatic heterocycles. The van der Waals surface area contributed by atoms with Crippen molar-refractivity contribution in [3.05, 3.63) is 23.8 Å². The van der Waals surface area contributed by atoms with E-state index in [0.717, 1.165) is 31.4 Å². The Morgan fingerprint density at radius 1 is 1.25 bits per heavy atom. The first-order valence-corrected chi connectivity index (χ1v) is 8.20. The van der Waals surface area contributed by atoms with Gasteiger partial charge in [0.2, 0.25) is 5.91 Å². The Hall–Kier alpha value is -1.89. The lowest BCUT2D eigenvalue weighted by atomic mass is 10.2. The number of methoxy groups -OCH3 is 1. The number of rotatable bonds is 8. The lowest BCUT2D eigenvalue weighted by Crippen LogP contribution is -2.36. The average molecular weight is 342 g/mol. The van der Waals surface area contributed by atoms with Gasteiger partial charge in [0.15, 0.2) is 11.5 Å². The summed E-state index contributed by atoms with van der Waals surface area (Å²) < 4.78 is 34.1. The van der Waals surface area contributed by atoms with E-state index in [1.165, 1.54) is 13.2 Å². The zero-order valence-electron chi connectivity index (χ0n) is 13.9. The number of hydrogen-bond acceptors (Lipinski definition) is 4. The van der Waals surface area contributed by atoms with Crippen LogP contribution in [0.3, 0.4) is 0 Å². The fourth-order valence-corrected chi connectivity index (χ4v) is 2.74. The summed E-state index contributed by atoms with van der Waals surface area (Å²) in [6, 6.07) is 4.85. The van der Waals surface area contributed by atoms with Crippen molar-refractivity contribution < 1.29 is 23.0 Å². The molecule has 0 bridgehead atoms. The van der Waals surface area contributed by atoms with Gasteiger partial charge in [-0.2, -0.15) is 8.78 Å². The summed E-state index contributed by atoms with van der Waals surface area (Å²) in [5.74, 6) is 0.521. The minimum Gasteiger partial charge on any atom is -0.493 e. The Balaban J connectivity index is 1.80. The molecule has 0 unspecified atom stereocenters. The van der Waals surface area contributed by atoms with Gasteiger partial charge < -0.3 is 19.7 Å². The zero-order chi connectivity index (χ0) is 17.4. The molecule has 1 fully saturated rings. The second kappa shape index (κ2) is 9.42. The molecule has 2 rings (SSSR count). The summed E-state index contributed by atoms with van der Waals surface area (Å²) in [6.45, 7) is -0.123. The van der Waals surface area contributed by atoms with E-state index >= 15 is 0 Å². The molecule has 0 saturated carbocycles. The molecule has 1 aliphatic rings. The predicted molar refractivity (Wildman–Crippen MR) is 86.4 cm³/mol. The third kappa shape index (κ3) is 5.63. The summed E-state index contributed by atoms with van der Waals surface area (Å²) in [5, 5.41) is 3.26. The number of halogens is 2. The van der Waals surface area contributed by atoms with E-state index < -0.39 is 6.61 Å². The van der Waals surface area contributed by atoms with E-state index in [9.17, 15) is 13.6 Å². The molecule has 1 aliphatic heterocycles. The molecule has 24 heavy (non-hydrogen) atoms. The highest BCUT2D eigenvalue weighted by Crippen LogP contribution is 2.29. The van der Waals surface area contributed by atoms with Crippen LogP contribution >= 0.6 is 0 Å². The van der Waals surface area contributed by atoms with Gasteiger partial charge in [-0.1, -0.05) is 12.5 Å². The van der Waals surface area contributed by atoms with Crippen LogP contribution in [0.25, 0.3) is 0 Å². The number of carbonyl (C=O) groups excluding carboxylic acids is 1. The Morgan fingerprint density at radius 2 is 2.08 bits per heavy atom. The predicted octanol–water partition coefficient (Wildman–Crippen LogP) is 2.79. The van der Waals surface area contributed by atoms with Crippen LogP contribution in [0.4, 0.5) is 8.78 Å². The normalized spacial score (nSPS) is 15.5. The number of nitrogens with zero attached hydrogens (tertiary/aromatic N) is 1. The summed E-state index contributed by atoms with van der Waals surface area (Å²) >= 11 is 0. The number of alkyl halides is 2. The van der Waals surface area contributed by atoms with Crippen LogP contribution in [0.5, 0.6) is 11.5 Å². The smallest absolute Gasteiger partial charge is 0.387 e. The van der Waals surface area contributed by atoms with E-state index in [1.807, 2.05) is 4.90 Å². The topological polar surface area (TPSA) is 50.8 Å². The van der Waals surface area contributed by atoms with Gasteiger partial charge in [0.1, 0.15) is 0 Å². The molecule has 1 heterocycles. The van der Waals surface area contributed by atoms with Crippen molar-refractivity contribution in [3.63, 3.8) is 0 Å². The lowest BCUT2D eigenvalue weighted by Gasteiger charge is -2.20. The Bertz CT molecular complexity index is 541. The Morgan fingerprint density at radius 3 is 2.83 bits per heavy atom. The first-order chi connectivity index (χ1) is 11.6. The highest BCUT2D eigenvalue weighted by molar-refractivity contribution is 5.76. The second-order valence-corrected chi connectivity index (χ2v) is 5.73. The van der Waals surface area contributed by atoms with Crippen LogP contribution in [0, 0.1) is 0 Å². The Kier molecular flexibility index (Phi) is 7.24. The van der Waals surface area contributed by atoms with E-state index in [0.29, 0.717) is 26.1 Å². The lowest BCUT2D eigenvalue weighted by molar-refractivity contribution is -0.130. The number of ether oxygens (including phenoxy) is 2. The van der Waals surface area contributed by atoms with Gasteiger partial charge in [0, 0.05) is 32.6 Å². The summed E-state index contributed by atoms with van der Waals surface area (Å²) in [5.41, 5.74) is 0.899. The maximum Gasteiger partial charge on any atom is 0.387 e. The fourth-order valence-electron chi connectivity index (χ4n) is 2.74. The molecule has 0 atom stereocenters. The molecule has 134 valence electrons. The molecule has 0 aliphatic carbocycles. The standard InChI is InChI=1S/C17H24F2N2O3/c1-23-15-11-13(6-7-14(15)24-17(18)19)12-20-8-10-21-9-4-2-3-5-16(21)22/h6-7,11,17,20H,2-5,8-10,12H2,1H3. The van der Waals surface area contributed by atoms with Gasteiger partial charge in [-0.05, 0) is 30.5 Å². The molecular formula is C17H24F2N2O3. The van der Waals surface area contributed by atoms with Gasteiger partial charge in [-0.25, -0.2) is 0 Å². The molecular weight excluding hydrogens is 318 g/mol. The number of benzene rings is 1. The van der Waals surface area contributed by atoms with Gasteiger partial charge in [0.25, 0.3) is 0 Å². The van der Waals surface area contributed by atoms with E-state index in [1.54, 1.807) is 12.1 Å². The number of nitrogens with one attached hydrogen (secondary N) is 1. The molecule has 1 amide bonds. The molecule has 7 heteroatoms. The number of likely N-dealkylation sites (tertiary alicyclic amines) is 1. The molecule has 1 saturated heterocycles. The molecule has 1 N–H and O–H groups in total. The van der Waals surface area contributed by atoms with Crippen molar-refractivity contribution in [2.75, 3.05) is 26.7 Å². The van der Waals surface area contributed by atoms with Gasteiger partial charge >= 0.3 is 6.61 Å². The first-order valence-electron chi connectivity index (χ1n) is 8.20. The maximum absolute atomic E-state index is 12.3.